The molecule has 2 fully saturated rings. The third kappa shape index (κ3) is 3.57. The molecule has 1 aromatic rings. The number of rotatable bonds is 3. The lowest BCUT2D eigenvalue weighted by Crippen LogP contribution is -2.47. The number of nitrogens with zero attached hydrogens (tertiary/aromatic N) is 2. The predicted octanol–water partition coefficient (Wildman–Crippen LogP) is 2.82. The first-order valence-electron chi connectivity index (χ1n) is 8.72. The molecule has 26 heavy (non-hydrogen) atoms. The van der Waals surface area contributed by atoms with Crippen LogP contribution in [0.1, 0.15) is 39.2 Å². The maximum atomic E-state index is 12.9. The number of ether oxygens (including phenoxy) is 1. The van der Waals surface area contributed by atoms with E-state index in [1.165, 1.54) is 0 Å². The summed E-state index contributed by atoms with van der Waals surface area (Å²) in [6.45, 7) is 7.76. The van der Waals surface area contributed by atoms with Crippen LogP contribution in [0.15, 0.2) is 16.7 Å². The summed E-state index contributed by atoms with van der Waals surface area (Å²) in [5.41, 5.74) is 5.99. The van der Waals surface area contributed by atoms with Crippen LogP contribution in [0, 0.1) is 12.3 Å². The Kier molecular flexibility index (Phi) is 4.77. The van der Waals surface area contributed by atoms with Crippen LogP contribution in [-0.2, 0) is 9.53 Å². The molecule has 2 unspecified atom stereocenters. The van der Waals surface area contributed by atoms with E-state index in [0.29, 0.717) is 23.4 Å². The van der Waals surface area contributed by atoms with Gasteiger partial charge in [0.2, 0.25) is 5.91 Å². The van der Waals surface area contributed by atoms with E-state index >= 15 is 0 Å². The number of amides is 2. The van der Waals surface area contributed by atoms with Gasteiger partial charge in [0.1, 0.15) is 22.1 Å². The van der Waals surface area contributed by atoms with Crippen molar-refractivity contribution >= 4 is 33.7 Å². The molecular formula is C18H25BrN4O3. The van der Waals surface area contributed by atoms with Gasteiger partial charge in [-0.15, -0.1) is 0 Å². The number of halogens is 1. The second kappa shape index (κ2) is 6.49. The van der Waals surface area contributed by atoms with E-state index in [-0.39, 0.29) is 17.4 Å². The number of aryl methyl sites for hydroxylation is 1. The molecule has 0 radical (unpaired) electrons. The molecule has 0 spiro atoms. The van der Waals surface area contributed by atoms with Crippen LogP contribution in [0.25, 0.3) is 0 Å². The summed E-state index contributed by atoms with van der Waals surface area (Å²) >= 11 is 3.31. The highest BCUT2D eigenvalue weighted by molar-refractivity contribution is 9.10. The molecule has 0 aromatic carbocycles. The molecule has 3 N–H and O–H groups in total. The van der Waals surface area contributed by atoms with E-state index in [4.69, 9.17) is 10.5 Å². The second-order valence-electron chi connectivity index (χ2n) is 8.18. The molecule has 1 aliphatic carbocycles. The Bertz CT molecular complexity index is 748. The van der Waals surface area contributed by atoms with Gasteiger partial charge in [0, 0.05) is 18.0 Å². The Morgan fingerprint density at radius 3 is 2.73 bits per heavy atom. The summed E-state index contributed by atoms with van der Waals surface area (Å²) in [6, 6.07) is 3.04. The molecule has 1 saturated carbocycles. The number of nitrogens with one attached hydrogen (secondary N) is 1. The van der Waals surface area contributed by atoms with Crippen LogP contribution in [0.3, 0.4) is 0 Å². The number of hydrogen-bond acceptors (Lipinski definition) is 5. The molecule has 0 bridgehead atoms. The maximum absolute atomic E-state index is 12.9. The number of likely N-dealkylation sites (tertiary alicyclic amines) is 1. The Morgan fingerprint density at radius 1 is 1.42 bits per heavy atom. The third-order valence-electron chi connectivity index (χ3n) is 5.04. The van der Waals surface area contributed by atoms with Crippen molar-refractivity contribution in [1.29, 1.82) is 0 Å². The fraction of sp³-hybridized carbons (Fsp3) is 0.611. The average molecular weight is 425 g/mol. The minimum absolute atomic E-state index is 0.0327. The van der Waals surface area contributed by atoms with E-state index in [0.717, 1.165) is 12.0 Å². The first kappa shape index (κ1) is 19.1. The summed E-state index contributed by atoms with van der Waals surface area (Å²) in [4.78, 5) is 31.5. The summed E-state index contributed by atoms with van der Waals surface area (Å²) in [5.74, 6) is 0.223. The molecule has 2 aliphatic rings. The first-order valence-corrected chi connectivity index (χ1v) is 9.51. The number of piperidine rings is 1. The lowest BCUT2D eigenvalue weighted by atomic mass is 9.99. The molecule has 3 rings (SSSR count). The van der Waals surface area contributed by atoms with Gasteiger partial charge in [0.05, 0.1) is 0 Å². The van der Waals surface area contributed by atoms with Gasteiger partial charge < -0.3 is 15.8 Å². The minimum Gasteiger partial charge on any atom is -0.444 e. The Labute approximate surface area is 161 Å². The van der Waals surface area contributed by atoms with Crippen LogP contribution in [0.5, 0.6) is 0 Å². The molecule has 2 amide bonds. The number of fused-ring (bicyclic) bond motifs is 1. The number of carbonyl (C=O) groups excluding carboxylic acids is 2. The zero-order chi connectivity index (χ0) is 19.3. The predicted molar refractivity (Wildman–Crippen MR) is 102 cm³/mol. The van der Waals surface area contributed by atoms with E-state index in [9.17, 15) is 9.59 Å². The fourth-order valence-corrected chi connectivity index (χ4v) is 3.87. The van der Waals surface area contributed by atoms with Crippen molar-refractivity contribution in [3.05, 3.63) is 22.3 Å². The number of carbonyl (C=O) groups is 2. The molecule has 142 valence electrons. The molecular weight excluding hydrogens is 400 g/mol. The van der Waals surface area contributed by atoms with Gasteiger partial charge in [0.25, 0.3) is 0 Å². The highest BCUT2D eigenvalue weighted by Gasteiger charge is 2.67. The van der Waals surface area contributed by atoms with Crippen molar-refractivity contribution in [3.8, 4) is 0 Å². The quantitative estimate of drug-likeness (QED) is 0.726. The van der Waals surface area contributed by atoms with Crippen molar-refractivity contribution in [2.75, 3.05) is 11.9 Å². The second-order valence-corrected chi connectivity index (χ2v) is 9.00. The summed E-state index contributed by atoms with van der Waals surface area (Å²) in [6.07, 6.45) is 0.905. The van der Waals surface area contributed by atoms with Gasteiger partial charge in [-0.2, -0.15) is 0 Å². The Balaban J connectivity index is 1.81. The summed E-state index contributed by atoms with van der Waals surface area (Å²) in [7, 11) is 0. The lowest BCUT2D eigenvalue weighted by Gasteiger charge is -2.29. The van der Waals surface area contributed by atoms with Gasteiger partial charge in [-0.3, -0.25) is 9.69 Å². The summed E-state index contributed by atoms with van der Waals surface area (Å²) in [5, 5.41) is 2.85. The minimum atomic E-state index is -0.622. The normalized spacial score (nSPS) is 27.1. The van der Waals surface area contributed by atoms with Gasteiger partial charge in [-0.25, -0.2) is 9.78 Å². The average Bonchev–Trinajstić information content (AvgIpc) is 3.14. The van der Waals surface area contributed by atoms with E-state index in [2.05, 4.69) is 26.2 Å². The Morgan fingerprint density at radius 2 is 2.12 bits per heavy atom. The number of aromatic nitrogens is 1. The van der Waals surface area contributed by atoms with E-state index in [1.54, 1.807) is 4.90 Å². The smallest absolute Gasteiger partial charge is 0.411 e. The van der Waals surface area contributed by atoms with Crippen LogP contribution in [0.2, 0.25) is 0 Å². The SMILES string of the molecule is Cc1ccc(Br)nc1NC(=O)[C@@H]1CC2(CN)CC2N1C(=O)OC(C)(C)C. The molecule has 8 heteroatoms. The van der Waals surface area contributed by atoms with Crippen LogP contribution in [-0.4, -0.2) is 46.1 Å². The Hall–Kier alpha value is -1.67. The lowest BCUT2D eigenvalue weighted by molar-refractivity contribution is -0.121. The van der Waals surface area contributed by atoms with Crippen molar-refractivity contribution in [2.24, 2.45) is 11.1 Å². The van der Waals surface area contributed by atoms with Crippen LogP contribution >= 0.6 is 15.9 Å². The first-order chi connectivity index (χ1) is 12.1. The number of anilines is 1. The van der Waals surface area contributed by atoms with Gasteiger partial charge in [0.15, 0.2) is 0 Å². The van der Waals surface area contributed by atoms with Gasteiger partial charge >= 0.3 is 6.09 Å². The molecule has 7 nitrogen and oxygen atoms in total. The number of nitrogens with two attached hydrogens (primary N) is 1. The van der Waals surface area contributed by atoms with Crippen molar-refractivity contribution in [1.82, 2.24) is 9.88 Å². The van der Waals surface area contributed by atoms with Crippen molar-refractivity contribution < 1.29 is 14.3 Å². The van der Waals surface area contributed by atoms with E-state index in [1.807, 2.05) is 39.8 Å². The molecule has 3 atom stereocenters. The largest absolute Gasteiger partial charge is 0.444 e. The number of pyridine rings is 1. The highest BCUT2D eigenvalue weighted by atomic mass is 79.9. The van der Waals surface area contributed by atoms with Crippen LogP contribution < -0.4 is 11.1 Å². The maximum Gasteiger partial charge on any atom is 0.411 e. The monoisotopic (exact) mass is 424 g/mol. The van der Waals surface area contributed by atoms with Crippen molar-refractivity contribution in [3.63, 3.8) is 0 Å². The molecule has 1 saturated heterocycles. The van der Waals surface area contributed by atoms with Crippen molar-refractivity contribution in [2.45, 2.75) is 58.2 Å². The third-order valence-corrected chi connectivity index (χ3v) is 5.48. The van der Waals surface area contributed by atoms with E-state index < -0.39 is 17.7 Å². The molecule has 1 aliphatic heterocycles. The topological polar surface area (TPSA) is 97.5 Å². The van der Waals surface area contributed by atoms with Gasteiger partial charge in [-0.05, 0) is 68.1 Å². The number of hydrogen-bond donors (Lipinski definition) is 2. The summed E-state index contributed by atoms with van der Waals surface area (Å²) < 4.78 is 6.16. The molecule has 1 aromatic heterocycles. The molecule has 2 heterocycles. The van der Waals surface area contributed by atoms with Crippen LogP contribution in [0.4, 0.5) is 10.6 Å². The fourth-order valence-electron chi connectivity index (χ4n) is 3.56. The van der Waals surface area contributed by atoms with Gasteiger partial charge in [-0.1, -0.05) is 6.07 Å². The zero-order valence-corrected chi connectivity index (χ0v) is 17.1. The standard InChI is InChI=1S/C18H25BrN4O3/c1-10-5-6-13(19)21-14(10)22-15(24)11-7-18(9-20)8-12(18)23(11)16(25)26-17(2,3)4/h5-6,11-12H,7-9,20H2,1-4H3,(H,21,22,24)/t11-,12?,18?/m0/s1. The highest BCUT2D eigenvalue weighted by Crippen LogP contribution is 2.59. The zero-order valence-electron chi connectivity index (χ0n) is 15.5.